The zero-order valence-electron chi connectivity index (χ0n) is 18.4. The highest BCUT2D eigenvalue weighted by molar-refractivity contribution is 5.94. The van der Waals surface area contributed by atoms with Crippen LogP contribution in [0.15, 0.2) is 34.0 Å². The predicted octanol–water partition coefficient (Wildman–Crippen LogP) is 1.63. The van der Waals surface area contributed by atoms with Gasteiger partial charge < -0.3 is 10.5 Å². The molecule has 170 valence electrons. The van der Waals surface area contributed by atoms with Crippen LogP contribution in [-0.2, 0) is 6.54 Å². The van der Waals surface area contributed by atoms with Crippen LogP contribution in [0.2, 0.25) is 0 Å². The summed E-state index contributed by atoms with van der Waals surface area (Å²) in [6, 6.07) is 7.33. The van der Waals surface area contributed by atoms with Crippen LogP contribution in [-0.4, -0.2) is 62.5 Å². The fourth-order valence-electron chi connectivity index (χ4n) is 3.23. The monoisotopic (exact) mass is 441 g/mol. The van der Waals surface area contributed by atoms with Gasteiger partial charge in [-0.1, -0.05) is 31.2 Å². The minimum Gasteiger partial charge on any atom is -0.496 e. The summed E-state index contributed by atoms with van der Waals surface area (Å²) in [5.74, 6) is 0.355. The largest absolute Gasteiger partial charge is 0.496 e. The first-order valence-electron chi connectivity index (χ1n) is 10.3. The Labute approximate surface area is 185 Å². The van der Waals surface area contributed by atoms with Crippen LogP contribution in [0.1, 0.15) is 48.4 Å². The van der Waals surface area contributed by atoms with Gasteiger partial charge in [-0.25, -0.2) is 10.1 Å². The van der Waals surface area contributed by atoms with E-state index in [4.69, 9.17) is 15.1 Å². The molecule has 3 rings (SSSR count). The number of para-hydroxylation sites is 1. The van der Waals surface area contributed by atoms with E-state index >= 15 is 0 Å². The van der Waals surface area contributed by atoms with E-state index < -0.39 is 5.91 Å². The van der Waals surface area contributed by atoms with Crippen molar-refractivity contribution in [3.63, 3.8) is 0 Å². The Bertz CT molecular complexity index is 1050. The third-order valence-corrected chi connectivity index (χ3v) is 4.64. The van der Waals surface area contributed by atoms with E-state index in [1.54, 1.807) is 13.2 Å². The number of nitrogens with zero attached hydrogens (tertiary/aromatic N) is 7. The molecular weight excluding hydrogens is 414 g/mol. The van der Waals surface area contributed by atoms with Crippen molar-refractivity contribution >= 4 is 17.9 Å². The lowest BCUT2D eigenvalue weighted by atomic mass is 10.2. The summed E-state index contributed by atoms with van der Waals surface area (Å²) >= 11 is 0. The molecule has 1 amide bonds. The van der Waals surface area contributed by atoms with Gasteiger partial charge in [0, 0.05) is 12.1 Å². The number of rotatable bonds is 11. The van der Waals surface area contributed by atoms with Crippen LogP contribution in [0.4, 0.5) is 5.82 Å². The van der Waals surface area contributed by atoms with Crippen molar-refractivity contribution in [2.45, 2.75) is 33.2 Å². The molecule has 0 aliphatic rings. The number of anilines is 1. The van der Waals surface area contributed by atoms with Gasteiger partial charge in [-0.3, -0.25) is 9.69 Å². The molecule has 0 spiro atoms. The summed E-state index contributed by atoms with van der Waals surface area (Å²) < 4.78 is 11.4. The number of nitrogens with two attached hydrogens (primary N) is 1. The number of aromatic nitrogens is 5. The lowest BCUT2D eigenvalue weighted by Gasteiger charge is -2.21. The quantitative estimate of drug-likeness (QED) is 0.334. The first-order valence-corrected chi connectivity index (χ1v) is 10.3. The second-order valence-corrected chi connectivity index (χ2v) is 6.99. The van der Waals surface area contributed by atoms with Gasteiger partial charge in [0.05, 0.1) is 19.0 Å². The fraction of sp³-hybridized carbons (Fsp3) is 0.400. The second kappa shape index (κ2) is 11.0. The number of ether oxygens (including phenoxy) is 1. The molecule has 0 radical (unpaired) electrons. The highest BCUT2D eigenvalue weighted by Crippen LogP contribution is 2.18. The smallest absolute Gasteiger partial charge is 0.293 e. The van der Waals surface area contributed by atoms with Gasteiger partial charge in [0.2, 0.25) is 11.6 Å². The lowest BCUT2D eigenvalue weighted by Crippen LogP contribution is -2.28. The van der Waals surface area contributed by atoms with Crippen LogP contribution < -0.4 is 15.9 Å². The van der Waals surface area contributed by atoms with Crippen molar-refractivity contribution in [3.8, 4) is 11.6 Å². The summed E-state index contributed by atoms with van der Waals surface area (Å²) in [4.78, 5) is 15.1. The maximum Gasteiger partial charge on any atom is 0.293 e. The minimum atomic E-state index is -0.514. The average molecular weight is 441 g/mol. The molecule has 0 saturated carbocycles. The average Bonchev–Trinajstić information content (AvgIpc) is 3.40. The van der Waals surface area contributed by atoms with Crippen LogP contribution >= 0.6 is 0 Å². The van der Waals surface area contributed by atoms with Crippen molar-refractivity contribution in [2.24, 2.45) is 5.10 Å². The van der Waals surface area contributed by atoms with E-state index in [9.17, 15) is 4.79 Å². The maximum atomic E-state index is 12.9. The van der Waals surface area contributed by atoms with Crippen LogP contribution in [0, 0.1) is 0 Å². The van der Waals surface area contributed by atoms with E-state index in [2.05, 4.69) is 49.9 Å². The number of nitrogens with one attached hydrogen (secondary N) is 1. The normalized spacial score (nSPS) is 11.4. The molecule has 3 N–H and O–H groups in total. The summed E-state index contributed by atoms with van der Waals surface area (Å²) in [7, 11) is 1.57. The number of amides is 1. The molecule has 0 fully saturated rings. The molecule has 0 aliphatic heterocycles. The van der Waals surface area contributed by atoms with Crippen molar-refractivity contribution in [2.75, 3.05) is 25.9 Å². The topological polar surface area (TPSA) is 150 Å². The van der Waals surface area contributed by atoms with E-state index in [0.717, 1.165) is 31.5 Å². The first kappa shape index (κ1) is 22.9. The third-order valence-electron chi connectivity index (χ3n) is 4.64. The fourth-order valence-corrected chi connectivity index (χ4v) is 3.23. The SMILES string of the molecule is CCCN(CCC)Cc1c(C(=O)N/N=C/c2ccccc2OC)nnn1-c1nonc1N. The van der Waals surface area contributed by atoms with Gasteiger partial charge in [-0.15, -0.1) is 5.10 Å². The molecule has 2 aromatic heterocycles. The van der Waals surface area contributed by atoms with Gasteiger partial charge in [0.25, 0.3) is 5.91 Å². The number of hydrogen-bond donors (Lipinski definition) is 2. The molecule has 0 bridgehead atoms. The summed E-state index contributed by atoms with van der Waals surface area (Å²) in [6.07, 6.45) is 3.42. The summed E-state index contributed by atoms with van der Waals surface area (Å²) in [5.41, 5.74) is 9.69. The molecule has 12 nitrogen and oxygen atoms in total. The summed E-state index contributed by atoms with van der Waals surface area (Å²) in [6.45, 7) is 6.30. The Morgan fingerprint density at radius 2 is 2.03 bits per heavy atom. The lowest BCUT2D eigenvalue weighted by molar-refractivity contribution is 0.0947. The highest BCUT2D eigenvalue weighted by atomic mass is 16.6. The molecule has 1 aromatic carbocycles. The Morgan fingerprint density at radius 1 is 1.28 bits per heavy atom. The Kier molecular flexibility index (Phi) is 7.86. The van der Waals surface area contributed by atoms with Gasteiger partial charge >= 0.3 is 0 Å². The number of hydrogen-bond acceptors (Lipinski definition) is 10. The van der Waals surface area contributed by atoms with Crippen LogP contribution in [0.25, 0.3) is 5.82 Å². The number of carbonyl (C=O) groups is 1. The van der Waals surface area contributed by atoms with E-state index in [0.29, 0.717) is 18.0 Å². The standard InChI is InChI=1S/C20H27N9O3/c1-4-10-28(11-5-2)13-15-17(23-27-29(15)19-18(21)25-32-26-19)20(30)24-22-12-14-8-6-7-9-16(14)31-3/h6-9,12H,4-5,10-11,13H2,1-3H3,(H2,21,25)(H,24,30)/b22-12+. The van der Waals surface area contributed by atoms with Crippen molar-refractivity contribution < 1.29 is 14.2 Å². The number of carbonyl (C=O) groups excluding carboxylic acids is 1. The Hall–Kier alpha value is -3.80. The Balaban J connectivity index is 1.87. The molecule has 0 saturated heterocycles. The van der Waals surface area contributed by atoms with Crippen LogP contribution in [0.5, 0.6) is 5.75 Å². The molecule has 0 atom stereocenters. The van der Waals surface area contributed by atoms with Crippen molar-refractivity contribution in [1.29, 1.82) is 0 Å². The maximum absolute atomic E-state index is 12.9. The number of benzene rings is 1. The highest BCUT2D eigenvalue weighted by Gasteiger charge is 2.25. The zero-order chi connectivity index (χ0) is 22.9. The molecule has 32 heavy (non-hydrogen) atoms. The van der Waals surface area contributed by atoms with Gasteiger partial charge in [0.15, 0.2) is 5.69 Å². The van der Waals surface area contributed by atoms with Crippen molar-refractivity contribution in [1.82, 2.24) is 35.6 Å². The Morgan fingerprint density at radius 3 is 2.69 bits per heavy atom. The van der Waals surface area contributed by atoms with Gasteiger partial charge in [-0.2, -0.15) is 9.78 Å². The van der Waals surface area contributed by atoms with Gasteiger partial charge in [0.1, 0.15) is 5.75 Å². The number of hydrazone groups is 1. The predicted molar refractivity (Wildman–Crippen MR) is 118 cm³/mol. The van der Waals surface area contributed by atoms with Crippen LogP contribution in [0.3, 0.4) is 0 Å². The minimum absolute atomic E-state index is 0.0508. The second-order valence-electron chi connectivity index (χ2n) is 6.99. The molecule has 2 heterocycles. The molecule has 12 heteroatoms. The number of nitrogen functional groups attached to an aromatic ring is 1. The summed E-state index contributed by atoms with van der Waals surface area (Å²) in [5, 5.41) is 19.6. The molecule has 3 aromatic rings. The van der Waals surface area contributed by atoms with E-state index in [1.807, 2.05) is 18.2 Å². The van der Waals surface area contributed by atoms with Gasteiger partial charge in [-0.05, 0) is 48.4 Å². The molecule has 0 aliphatic carbocycles. The zero-order valence-corrected chi connectivity index (χ0v) is 18.4. The molecular formula is C20H27N9O3. The first-order chi connectivity index (χ1) is 15.6. The van der Waals surface area contributed by atoms with E-state index in [-0.39, 0.29) is 17.3 Å². The van der Waals surface area contributed by atoms with E-state index in [1.165, 1.54) is 10.9 Å². The van der Waals surface area contributed by atoms with Crippen molar-refractivity contribution in [3.05, 3.63) is 41.2 Å². The molecule has 0 unspecified atom stereocenters. The third kappa shape index (κ3) is 5.27. The number of methoxy groups -OCH3 is 1.